The number of hydrogen-bond acceptors (Lipinski definition) is 4. The molecule has 0 atom stereocenters. The molecule has 31 heavy (non-hydrogen) atoms. The van der Waals surface area contributed by atoms with Crippen LogP contribution in [0, 0.1) is 27.7 Å². The molecule has 4 rings (SSSR count). The number of halogens is 1. The Morgan fingerprint density at radius 2 is 1.65 bits per heavy atom. The molecule has 1 saturated heterocycles. The zero-order valence-electron chi connectivity index (χ0n) is 18.5. The van der Waals surface area contributed by atoms with Crippen LogP contribution in [0.2, 0.25) is 5.02 Å². The number of carbonyl (C=O) groups is 2. The van der Waals surface area contributed by atoms with E-state index in [0.717, 1.165) is 22.3 Å². The Kier molecular flexibility index (Phi) is 5.73. The van der Waals surface area contributed by atoms with Crippen LogP contribution in [0.4, 0.5) is 0 Å². The average molecular weight is 442 g/mol. The number of carbonyl (C=O) groups excluding carboxylic acids is 2. The van der Waals surface area contributed by atoms with E-state index in [1.807, 2.05) is 52.0 Å². The molecule has 0 aliphatic carbocycles. The number of rotatable bonds is 3. The Balaban J connectivity index is 1.38. The van der Waals surface area contributed by atoms with E-state index in [9.17, 15) is 9.59 Å². The van der Waals surface area contributed by atoms with Gasteiger partial charge in [0.2, 0.25) is 0 Å². The summed E-state index contributed by atoms with van der Waals surface area (Å²) in [6.07, 6.45) is 1.64. The molecule has 1 fully saturated rings. The van der Waals surface area contributed by atoms with Crippen molar-refractivity contribution in [3.63, 3.8) is 0 Å². The first-order valence-electron chi connectivity index (χ1n) is 10.7. The van der Waals surface area contributed by atoms with Crippen molar-refractivity contribution < 1.29 is 19.1 Å². The minimum atomic E-state index is -0.520. The van der Waals surface area contributed by atoms with Crippen LogP contribution in [0.3, 0.4) is 0 Å². The number of aryl methyl sites for hydroxylation is 4. The Labute approximate surface area is 188 Å². The molecule has 2 heterocycles. The SMILES string of the molecule is Cc1cc2c(cc1C)C(=O)CC1(CCN(C(=O)COc3cc(C)c(Cl)c(C)c3)CC1)O2. The first kappa shape index (κ1) is 21.7. The molecule has 0 unspecified atom stereocenters. The van der Waals surface area contributed by atoms with Gasteiger partial charge in [0.05, 0.1) is 12.0 Å². The summed E-state index contributed by atoms with van der Waals surface area (Å²) >= 11 is 6.20. The van der Waals surface area contributed by atoms with Crippen molar-refractivity contribution in [1.29, 1.82) is 0 Å². The van der Waals surface area contributed by atoms with E-state index < -0.39 is 5.60 Å². The second-order valence-corrected chi connectivity index (χ2v) is 9.24. The van der Waals surface area contributed by atoms with E-state index in [1.54, 1.807) is 4.90 Å². The van der Waals surface area contributed by atoms with Crippen LogP contribution in [-0.4, -0.2) is 41.9 Å². The molecule has 164 valence electrons. The average Bonchev–Trinajstić information content (AvgIpc) is 2.72. The van der Waals surface area contributed by atoms with Gasteiger partial charge in [-0.15, -0.1) is 0 Å². The molecule has 0 aromatic heterocycles. The Morgan fingerprint density at radius 3 is 2.29 bits per heavy atom. The summed E-state index contributed by atoms with van der Waals surface area (Å²) in [4.78, 5) is 27.3. The summed E-state index contributed by atoms with van der Waals surface area (Å²) in [5.74, 6) is 1.38. The molecule has 6 heteroatoms. The van der Waals surface area contributed by atoms with E-state index >= 15 is 0 Å². The molecule has 2 aliphatic rings. The molecular formula is C25H28ClNO4. The van der Waals surface area contributed by atoms with Gasteiger partial charge in [0.25, 0.3) is 5.91 Å². The molecule has 0 bridgehead atoms. The number of ether oxygens (including phenoxy) is 2. The summed E-state index contributed by atoms with van der Waals surface area (Å²) in [5.41, 5.74) is 4.21. The number of likely N-dealkylation sites (tertiary alicyclic amines) is 1. The Bertz CT molecular complexity index is 1030. The fourth-order valence-electron chi connectivity index (χ4n) is 4.42. The van der Waals surface area contributed by atoms with Crippen LogP contribution in [-0.2, 0) is 4.79 Å². The van der Waals surface area contributed by atoms with Crippen molar-refractivity contribution >= 4 is 23.3 Å². The van der Waals surface area contributed by atoms with Gasteiger partial charge in [-0.2, -0.15) is 0 Å². The van der Waals surface area contributed by atoms with Gasteiger partial charge in [0, 0.05) is 31.0 Å². The Hall–Kier alpha value is -2.53. The second kappa shape index (κ2) is 8.19. The molecule has 0 radical (unpaired) electrons. The van der Waals surface area contributed by atoms with Crippen molar-refractivity contribution in [2.24, 2.45) is 0 Å². The number of nitrogens with zero attached hydrogens (tertiary/aromatic N) is 1. The first-order chi connectivity index (χ1) is 14.7. The maximum absolute atomic E-state index is 12.8. The van der Waals surface area contributed by atoms with E-state index in [-0.39, 0.29) is 18.3 Å². The van der Waals surface area contributed by atoms with E-state index in [1.165, 1.54) is 0 Å². The summed E-state index contributed by atoms with van der Waals surface area (Å²) in [6.45, 7) is 8.94. The molecule has 1 spiro atoms. The van der Waals surface area contributed by atoms with Gasteiger partial charge in [-0.3, -0.25) is 9.59 Å². The van der Waals surface area contributed by atoms with Gasteiger partial charge in [-0.25, -0.2) is 0 Å². The van der Waals surface area contributed by atoms with Crippen molar-refractivity contribution in [3.05, 3.63) is 57.1 Å². The highest BCUT2D eigenvalue weighted by Gasteiger charge is 2.43. The van der Waals surface area contributed by atoms with Gasteiger partial charge in [0.15, 0.2) is 12.4 Å². The molecule has 2 aromatic rings. The lowest BCUT2D eigenvalue weighted by molar-refractivity contribution is -0.136. The lowest BCUT2D eigenvalue weighted by Crippen LogP contribution is -2.53. The second-order valence-electron chi connectivity index (χ2n) is 8.86. The number of hydrogen-bond donors (Lipinski definition) is 0. The zero-order valence-corrected chi connectivity index (χ0v) is 19.3. The summed E-state index contributed by atoms with van der Waals surface area (Å²) < 4.78 is 12.1. The standard InChI is InChI=1S/C25H28ClNO4/c1-15-11-20-21(28)13-25(31-22(20)12-16(15)2)5-7-27(8-6-25)23(29)14-30-19-9-17(3)24(26)18(4)10-19/h9-12H,5-8,13-14H2,1-4H3. The van der Waals surface area contributed by atoms with Gasteiger partial charge in [-0.05, 0) is 74.2 Å². The third-order valence-electron chi connectivity index (χ3n) is 6.51. The monoisotopic (exact) mass is 441 g/mol. The lowest BCUT2D eigenvalue weighted by Gasteiger charge is -2.44. The normalized spacial score (nSPS) is 17.3. The maximum atomic E-state index is 12.8. The first-order valence-corrected chi connectivity index (χ1v) is 11.1. The number of piperidine rings is 1. The van der Waals surface area contributed by atoms with Gasteiger partial charge < -0.3 is 14.4 Å². The summed E-state index contributed by atoms with van der Waals surface area (Å²) in [5, 5.41) is 0.717. The van der Waals surface area contributed by atoms with Gasteiger partial charge in [0.1, 0.15) is 17.1 Å². The number of fused-ring (bicyclic) bond motifs is 1. The predicted molar refractivity (Wildman–Crippen MR) is 120 cm³/mol. The van der Waals surface area contributed by atoms with E-state index in [0.29, 0.717) is 54.4 Å². The fraction of sp³-hybridized carbons (Fsp3) is 0.440. The fourth-order valence-corrected chi connectivity index (χ4v) is 4.53. The highest BCUT2D eigenvalue weighted by Crippen LogP contribution is 2.40. The van der Waals surface area contributed by atoms with Gasteiger partial charge >= 0.3 is 0 Å². The topological polar surface area (TPSA) is 55.8 Å². The summed E-state index contributed by atoms with van der Waals surface area (Å²) in [6, 6.07) is 7.58. The quantitative estimate of drug-likeness (QED) is 0.674. The van der Waals surface area contributed by atoms with Crippen LogP contribution in [0.5, 0.6) is 11.5 Å². The summed E-state index contributed by atoms with van der Waals surface area (Å²) in [7, 11) is 0. The number of benzene rings is 2. The van der Waals surface area contributed by atoms with Gasteiger partial charge in [-0.1, -0.05) is 11.6 Å². The van der Waals surface area contributed by atoms with Crippen LogP contribution < -0.4 is 9.47 Å². The van der Waals surface area contributed by atoms with Crippen molar-refractivity contribution in [3.8, 4) is 11.5 Å². The molecule has 0 N–H and O–H groups in total. The highest BCUT2D eigenvalue weighted by atomic mass is 35.5. The zero-order chi connectivity index (χ0) is 22.3. The largest absolute Gasteiger partial charge is 0.486 e. The molecule has 0 saturated carbocycles. The molecule has 1 amide bonds. The van der Waals surface area contributed by atoms with Crippen LogP contribution in [0.15, 0.2) is 24.3 Å². The van der Waals surface area contributed by atoms with Crippen LogP contribution >= 0.6 is 11.6 Å². The molecule has 2 aliphatic heterocycles. The smallest absolute Gasteiger partial charge is 0.260 e. The minimum absolute atomic E-state index is 0.0192. The van der Waals surface area contributed by atoms with Crippen molar-refractivity contribution in [2.45, 2.75) is 52.6 Å². The highest BCUT2D eigenvalue weighted by molar-refractivity contribution is 6.32. The third kappa shape index (κ3) is 4.29. The lowest BCUT2D eigenvalue weighted by atomic mass is 9.82. The van der Waals surface area contributed by atoms with Crippen molar-refractivity contribution in [2.75, 3.05) is 19.7 Å². The maximum Gasteiger partial charge on any atom is 0.260 e. The van der Waals surface area contributed by atoms with Crippen molar-refractivity contribution in [1.82, 2.24) is 4.90 Å². The number of amides is 1. The molecular weight excluding hydrogens is 414 g/mol. The number of Topliss-reactive ketones (excluding diaryl/α,β-unsaturated/α-hetero) is 1. The molecule has 5 nitrogen and oxygen atoms in total. The predicted octanol–water partition coefficient (Wildman–Crippen LogP) is 4.98. The number of ketones is 1. The van der Waals surface area contributed by atoms with E-state index in [4.69, 9.17) is 21.1 Å². The van der Waals surface area contributed by atoms with Crippen LogP contribution in [0.25, 0.3) is 0 Å². The van der Waals surface area contributed by atoms with E-state index in [2.05, 4.69) is 0 Å². The third-order valence-corrected chi connectivity index (χ3v) is 7.10. The van der Waals surface area contributed by atoms with Crippen LogP contribution in [0.1, 0.15) is 51.9 Å². The molecule has 2 aromatic carbocycles. The minimum Gasteiger partial charge on any atom is -0.486 e. The Morgan fingerprint density at radius 1 is 1.03 bits per heavy atom.